The molecule has 1 aliphatic rings. The monoisotopic (exact) mass is 255 g/mol. The maximum absolute atomic E-state index is 11.7. The van der Waals surface area contributed by atoms with Crippen LogP contribution in [0, 0.1) is 5.92 Å². The summed E-state index contributed by atoms with van der Waals surface area (Å²) in [6, 6.07) is 0.335. The second kappa shape index (κ2) is 8.11. The van der Waals surface area contributed by atoms with Crippen molar-refractivity contribution in [2.24, 2.45) is 5.92 Å². The number of unbranched alkanes of at least 4 members (excludes halogenated alkanes) is 1. The van der Waals surface area contributed by atoms with Gasteiger partial charge in [0.1, 0.15) is 0 Å². The van der Waals surface area contributed by atoms with Crippen molar-refractivity contribution in [2.75, 3.05) is 0 Å². The van der Waals surface area contributed by atoms with Crippen molar-refractivity contribution in [3.05, 3.63) is 0 Å². The molecule has 1 amide bonds. The van der Waals surface area contributed by atoms with Gasteiger partial charge in [0.25, 0.3) is 0 Å². The number of nitrogens with one attached hydrogen (secondary N) is 1. The summed E-state index contributed by atoms with van der Waals surface area (Å²) < 4.78 is 0. The van der Waals surface area contributed by atoms with E-state index in [0.717, 1.165) is 18.8 Å². The summed E-state index contributed by atoms with van der Waals surface area (Å²) in [7, 11) is 0. The molecule has 1 fully saturated rings. The minimum atomic E-state index is -0.784. The minimum Gasteiger partial charge on any atom is -0.481 e. The molecule has 4 heteroatoms. The van der Waals surface area contributed by atoms with Crippen molar-refractivity contribution in [3.8, 4) is 0 Å². The fraction of sp³-hybridized carbons (Fsp3) is 0.857. The smallest absolute Gasteiger partial charge is 0.303 e. The van der Waals surface area contributed by atoms with Crippen LogP contribution in [0.3, 0.4) is 0 Å². The molecule has 0 radical (unpaired) electrons. The molecule has 0 aromatic rings. The van der Waals surface area contributed by atoms with E-state index in [-0.39, 0.29) is 12.3 Å². The van der Waals surface area contributed by atoms with Crippen molar-refractivity contribution < 1.29 is 14.7 Å². The Bertz CT molecular complexity index is 278. The standard InChI is InChI=1S/C14H25NO3/c1-11-5-4-6-12(10-9-11)15-13(16)7-2-3-8-14(17)18/h11-12H,2-10H2,1H3,(H,15,16)(H,17,18). The topological polar surface area (TPSA) is 66.4 Å². The van der Waals surface area contributed by atoms with Crippen LogP contribution in [0.5, 0.6) is 0 Å². The lowest BCUT2D eigenvalue weighted by Gasteiger charge is -2.16. The number of carboxylic acids is 1. The third kappa shape index (κ3) is 6.62. The van der Waals surface area contributed by atoms with Gasteiger partial charge in [-0.15, -0.1) is 0 Å². The second-order valence-corrected chi connectivity index (χ2v) is 5.48. The van der Waals surface area contributed by atoms with Crippen LogP contribution in [0.2, 0.25) is 0 Å². The van der Waals surface area contributed by atoms with E-state index in [4.69, 9.17) is 5.11 Å². The van der Waals surface area contributed by atoms with Crippen LogP contribution in [0.15, 0.2) is 0 Å². The normalized spacial score (nSPS) is 24.3. The van der Waals surface area contributed by atoms with E-state index in [1.165, 1.54) is 19.3 Å². The van der Waals surface area contributed by atoms with Crippen molar-refractivity contribution in [1.29, 1.82) is 0 Å². The number of carbonyl (C=O) groups excluding carboxylic acids is 1. The third-order valence-corrected chi connectivity index (χ3v) is 3.67. The van der Waals surface area contributed by atoms with Gasteiger partial charge in [0.15, 0.2) is 0 Å². The Morgan fingerprint density at radius 2 is 1.83 bits per heavy atom. The van der Waals surface area contributed by atoms with Gasteiger partial charge in [-0.3, -0.25) is 9.59 Å². The van der Waals surface area contributed by atoms with Gasteiger partial charge in [-0.1, -0.05) is 19.8 Å². The molecule has 1 saturated carbocycles. The van der Waals surface area contributed by atoms with Crippen LogP contribution in [-0.4, -0.2) is 23.0 Å². The second-order valence-electron chi connectivity index (χ2n) is 5.48. The van der Waals surface area contributed by atoms with Crippen LogP contribution < -0.4 is 5.32 Å². The van der Waals surface area contributed by atoms with Crippen LogP contribution >= 0.6 is 0 Å². The summed E-state index contributed by atoms with van der Waals surface area (Å²) in [5, 5.41) is 11.6. The highest BCUT2D eigenvalue weighted by Gasteiger charge is 2.17. The number of hydrogen-bond acceptors (Lipinski definition) is 2. The molecule has 0 saturated heterocycles. The average molecular weight is 255 g/mol. The Hall–Kier alpha value is -1.06. The van der Waals surface area contributed by atoms with Crippen molar-refractivity contribution in [3.63, 3.8) is 0 Å². The number of rotatable bonds is 6. The van der Waals surface area contributed by atoms with E-state index in [1.54, 1.807) is 0 Å². The Kier molecular flexibility index (Phi) is 6.76. The molecule has 0 spiro atoms. The zero-order valence-electron chi connectivity index (χ0n) is 11.3. The molecule has 1 rings (SSSR count). The van der Waals surface area contributed by atoms with Gasteiger partial charge in [0.2, 0.25) is 5.91 Å². The Balaban J connectivity index is 2.13. The Morgan fingerprint density at radius 3 is 2.56 bits per heavy atom. The maximum Gasteiger partial charge on any atom is 0.303 e. The molecular formula is C14H25NO3. The predicted molar refractivity (Wildman–Crippen MR) is 70.3 cm³/mol. The quantitative estimate of drug-likeness (QED) is 0.566. The third-order valence-electron chi connectivity index (χ3n) is 3.67. The molecule has 1 aliphatic carbocycles. The van der Waals surface area contributed by atoms with Gasteiger partial charge in [0, 0.05) is 18.9 Å². The lowest BCUT2D eigenvalue weighted by Crippen LogP contribution is -2.34. The molecule has 0 heterocycles. The molecule has 104 valence electrons. The molecule has 2 N–H and O–H groups in total. The van der Waals surface area contributed by atoms with Crippen molar-refractivity contribution in [1.82, 2.24) is 5.32 Å². The lowest BCUT2D eigenvalue weighted by molar-refractivity contribution is -0.137. The van der Waals surface area contributed by atoms with Crippen LogP contribution in [-0.2, 0) is 9.59 Å². The summed E-state index contributed by atoms with van der Waals surface area (Å²) >= 11 is 0. The Labute approximate surface area is 109 Å². The summed E-state index contributed by atoms with van der Waals surface area (Å²) in [5.41, 5.74) is 0. The first-order chi connectivity index (χ1) is 8.58. The summed E-state index contributed by atoms with van der Waals surface area (Å²) in [4.78, 5) is 22.0. The molecular weight excluding hydrogens is 230 g/mol. The minimum absolute atomic E-state index is 0.0833. The fourth-order valence-corrected chi connectivity index (χ4v) is 2.49. The first-order valence-electron chi connectivity index (χ1n) is 7.09. The summed E-state index contributed by atoms with van der Waals surface area (Å²) in [5.74, 6) is 0.0792. The largest absolute Gasteiger partial charge is 0.481 e. The molecule has 0 bridgehead atoms. The summed E-state index contributed by atoms with van der Waals surface area (Å²) in [6.45, 7) is 2.27. The van der Waals surface area contributed by atoms with Gasteiger partial charge >= 0.3 is 5.97 Å². The fourth-order valence-electron chi connectivity index (χ4n) is 2.49. The highest BCUT2D eigenvalue weighted by molar-refractivity contribution is 5.76. The number of amides is 1. The van der Waals surface area contributed by atoms with Gasteiger partial charge < -0.3 is 10.4 Å². The van der Waals surface area contributed by atoms with Gasteiger partial charge in [0.05, 0.1) is 0 Å². The maximum atomic E-state index is 11.7. The summed E-state index contributed by atoms with van der Waals surface area (Å²) in [6.07, 6.45) is 7.71. The lowest BCUT2D eigenvalue weighted by atomic mass is 10.0. The molecule has 0 aromatic carbocycles. The van der Waals surface area contributed by atoms with Crippen LogP contribution in [0.4, 0.5) is 0 Å². The van der Waals surface area contributed by atoms with Gasteiger partial charge in [-0.05, 0) is 38.0 Å². The zero-order chi connectivity index (χ0) is 13.4. The molecule has 4 nitrogen and oxygen atoms in total. The molecule has 18 heavy (non-hydrogen) atoms. The van der Waals surface area contributed by atoms with E-state index in [1.807, 2.05) is 0 Å². The molecule has 2 unspecified atom stereocenters. The number of carboxylic acid groups (broad SMARTS) is 1. The highest BCUT2D eigenvalue weighted by Crippen LogP contribution is 2.22. The molecule has 0 aliphatic heterocycles. The van der Waals surface area contributed by atoms with E-state index >= 15 is 0 Å². The van der Waals surface area contributed by atoms with Crippen molar-refractivity contribution >= 4 is 11.9 Å². The SMILES string of the molecule is CC1CCCC(NC(=O)CCCCC(=O)O)CC1. The predicted octanol–water partition coefficient (Wildman–Crippen LogP) is 2.72. The number of carbonyl (C=O) groups is 2. The first kappa shape index (κ1) is 15.0. The molecule has 2 atom stereocenters. The molecule has 0 aromatic heterocycles. The van der Waals surface area contributed by atoms with Gasteiger partial charge in [-0.2, -0.15) is 0 Å². The Morgan fingerprint density at radius 1 is 1.11 bits per heavy atom. The van der Waals surface area contributed by atoms with E-state index in [0.29, 0.717) is 25.3 Å². The average Bonchev–Trinajstić information content (AvgIpc) is 2.50. The van der Waals surface area contributed by atoms with Crippen LogP contribution in [0.1, 0.15) is 64.7 Å². The first-order valence-corrected chi connectivity index (χ1v) is 7.09. The van der Waals surface area contributed by atoms with Gasteiger partial charge in [-0.25, -0.2) is 0 Å². The van der Waals surface area contributed by atoms with E-state index in [9.17, 15) is 9.59 Å². The number of aliphatic carboxylic acids is 1. The van der Waals surface area contributed by atoms with Crippen LogP contribution in [0.25, 0.3) is 0 Å². The van der Waals surface area contributed by atoms with E-state index < -0.39 is 5.97 Å². The highest BCUT2D eigenvalue weighted by atomic mass is 16.4. The zero-order valence-corrected chi connectivity index (χ0v) is 11.3. The number of hydrogen-bond donors (Lipinski definition) is 2. The van der Waals surface area contributed by atoms with E-state index in [2.05, 4.69) is 12.2 Å². The van der Waals surface area contributed by atoms with Crippen molar-refractivity contribution in [2.45, 2.75) is 70.8 Å².